The molecule has 7 nitrogen and oxygen atoms in total. The van der Waals surface area contributed by atoms with Crippen molar-refractivity contribution in [3.05, 3.63) is 93.4 Å². The van der Waals surface area contributed by atoms with E-state index in [0.29, 0.717) is 27.1 Å². The van der Waals surface area contributed by atoms with E-state index in [1.807, 2.05) is 0 Å². The number of rotatable bonds is 4. The number of non-ortho nitro benzene ring substituents is 1. The van der Waals surface area contributed by atoms with E-state index in [0.717, 1.165) is 11.8 Å². The predicted octanol–water partition coefficient (Wildman–Crippen LogP) is 4.42. The Morgan fingerprint density at radius 2 is 1.93 bits per heavy atom. The van der Waals surface area contributed by atoms with Crippen LogP contribution >= 0.6 is 11.8 Å². The first-order chi connectivity index (χ1) is 14.0. The number of thioether (sulfide) groups is 1. The number of amidine groups is 1. The second-order valence-electron chi connectivity index (χ2n) is 6.04. The van der Waals surface area contributed by atoms with Gasteiger partial charge < -0.3 is 9.88 Å². The summed E-state index contributed by atoms with van der Waals surface area (Å²) < 4.78 is 14.8. The Morgan fingerprint density at radius 1 is 1.14 bits per heavy atom. The molecule has 0 atom stereocenters. The fourth-order valence-electron chi connectivity index (χ4n) is 2.75. The molecule has 1 aromatic heterocycles. The molecule has 0 saturated carbocycles. The third kappa shape index (κ3) is 4.09. The predicted molar refractivity (Wildman–Crippen MR) is 110 cm³/mol. The van der Waals surface area contributed by atoms with Gasteiger partial charge in [-0.1, -0.05) is 6.07 Å². The van der Waals surface area contributed by atoms with Crippen LogP contribution in [0.5, 0.6) is 0 Å². The fourth-order valence-corrected chi connectivity index (χ4v) is 3.58. The van der Waals surface area contributed by atoms with E-state index < -0.39 is 4.92 Å². The highest BCUT2D eigenvalue weighted by Gasteiger charge is 2.24. The minimum absolute atomic E-state index is 0.0171. The molecule has 144 valence electrons. The smallest absolute Gasteiger partial charge is 0.271 e. The van der Waals surface area contributed by atoms with Crippen molar-refractivity contribution in [3.8, 4) is 5.69 Å². The second-order valence-corrected chi connectivity index (χ2v) is 7.07. The molecule has 29 heavy (non-hydrogen) atoms. The molecule has 1 aliphatic heterocycles. The third-order valence-electron chi connectivity index (χ3n) is 4.09. The summed E-state index contributed by atoms with van der Waals surface area (Å²) in [6.45, 7) is 0. The standard InChI is InChI=1S/C20H13FN4O3S/c21-13-6-8-14(9-7-13)22-20-23-19(26)18(29-20)12-16-5-2-10-24(16)15-3-1-4-17(11-15)25(27)28/h1-12H,(H,22,23,26)/b18-12+. The lowest BCUT2D eigenvalue weighted by atomic mass is 10.2. The van der Waals surface area contributed by atoms with Gasteiger partial charge in [-0.05, 0) is 60.3 Å². The maximum absolute atomic E-state index is 13.0. The summed E-state index contributed by atoms with van der Waals surface area (Å²) in [6.07, 6.45) is 3.45. The summed E-state index contributed by atoms with van der Waals surface area (Å²) in [4.78, 5) is 27.6. The van der Waals surface area contributed by atoms with Gasteiger partial charge in [0.15, 0.2) is 5.17 Å². The molecule has 4 rings (SSSR count). The van der Waals surface area contributed by atoms with Crippen LogP contribution in [0.4, 0.5) is 15.8 Å². The fraction of sp³-hybridized carbons (Fsp3) is 0. The van der Waals surface area contributed by atoms with Crippen LogP contribution in [0.25, 0.3) is 11.8 Å². The molecule has 1 N–H and O–H groups in total. The van der Waals surface area contributed by atoms with Gasteiger partial charge in [0.1, 0.15) is 5.82 Å². The number of hydrogen-bond donors (Lipinski definition) is 1. The van der Waals surface area contributed by atoms with Crippen LogP contribution in [-0.2, 0) is 4.79 Å². The molecule has 0 unspecified atom stereocenters. The van der Waals surface area contributed by atoms with E-state index in [1.54, 1.807) is 41.1 Å². The maximum Gasteiger partial charge on any atom is 0.271 e. The van der Waals surface area contributed by atoms with Crippen LogP contribution in [0, 0.1) is 15.9 Å². The van der Waals surface area contributed by atoms with Gasteiger partial charge in [0.25, 0.3) is 11.6 Å². The zero-order valence-electron chi connectivity index (χ0n) is 14.8. The summed E-state index contributed by atoms with van der Waals surface area (Å²) in [5, 5.41) is 14.1. The number of nitro groups is 1. The average Bonchev–Trinajstić information content (AvgIpc) is 3.30. The van der Waals surface area contributed by atoms with Crippen molar-refractivity contribution in [2.75, 3.05) is 0 Å². The van der Waals surface area contributed by atoms with Crippen LogP contribution < -0.4 is 5.32 Å². The van der Waals surface area contributed by atoms with Crippen molar-refractivity contribution in [3.63, 3.8) is 0 Å². The minimum Gasteiger partial charge on any atom is -0.317 e. The number of halogens is 1. The summed E-state index contributed by atoms with van der Waals surface area (Å²) in [5.74, 6) is -0.665. The Balaban J connectivity index is 1.62. The maximum atomic E-state index is 13.0. The van der Waals surface area contributed by atoms with E-state index in [-0.39, 0.29) is 17.4 Å². The normalized spacial score (nSPS) is 16.4. The van der Waals surface area contributed by atoms with E-state index >= 15 is 0 Å². The molecule has 2 aromatic carbocycles. The number of nitro benzene ring substituents is 1. The summed E-state index contributed by atoms with van der Waals surface area (Å²) >= 11 is 1.16. The molecule has 1 saturated heterocycles. The first-order valence-electron chi connectivity index (χ1n) is 8.47. The lowest BCUT2D eigenvalue weighted by Gasteiger charge is -2.06. The molecule has 1 amide bonds. The highest BCUT2D eigenvalue weighted by molar-refractivity contribution is 8.18. The van der Waals surface area contributed by atoms with Gasteiger partial charge in [0.05, 0.1) is 21.2 Å². The van der Waals surface area contributed by atoms with Gasteiger partial charge in [0, 0.05) is 24.0 Å². The summed E-state index contributed by atoms with van der Waals surface area (Å²) in [7, 11) is 0. The van der Waals surface area contributed by atoms with Crippen molar-refractivity contribution in [2.45, 2.75) is 0 Å². The largest absolute Gasteiger partial charge is 0.317 e. The molecular formula is C20H13FN4O3S. The zero-order chi connectivity index (χ0) is 20.4. The highest BCUT2D eigenvalue weighted by atomic mass is 32.2. The molecule has 3 aromatic rings. The summed E-state index contributed by atoms with van der Waals surface area (Å²) in [5.41, 5.74) is 1.80. The van der Waals surface area contributed by atoms with Crippen molar-refractivity contribution >= 4 is 40.3 Å². The Morgan fingerprint density at radius 3 is 2.69 bits per heavy atom. The second kappa shape index (κ2) is 7.72. The molecular weight excluding hydrogens is 395 g/mol. The SMILES string of the molecule is O=C1NC(=Nc2ccc(F)cc2)S/C1=C/c1cccn1-c1cccc([N+](=O)[O-])c1. The number of benzene rings is 2. The van der Waals surface area contributed by atoms with Crippen LogP contribution in [0.1, 0.15) is 5.69 Å². The van der Waals surface area contributed by atoms with Gasteiger partial charge in [-0.25, -0.2) is 9.38 Å². The number of carbonyl (C=O) groups is 1. The average molecular weight is 408 g/mol. The van der Waals surface area contributed by atoms with Crippen molar-refractivity contribution < 1.29 is 14.1 Å². The first-order valence-corrected chi connectivity index (χ1v) is 9.28. The number of carbonyl (C=O) groups excluding carboxylic acids is 1. The zero-order valence-corrected chi connectivity index (χ0v) is 15.6. The Bertz CT molecular complexity index is 1170. The molecule has 1 fully saturated rings. The van der Waals surface area contributed by atoms with Gasteiger partial charge in [-0.3, -0.25) is 14.9 Å². The van der Waals surface area contributed by atoms with Crippen molar-refractivity contribution in [1.82, 2.24) is 9.88 Å². The third-order valence-corrected chi connectivity index (χ3v) is 5.00. The van der Waals surface area contributed by atoms with Gasteiger partial charge in [-0.2, -0.15) is 0 Å². The van der Waals surface area contributed by atoms with Crippen LogP contribution in [0.15, 0.2) is 76.8 Å². The molecule has 0 radical (unpaired) electrons. The Labute approximate surface area is 168 Å². The van der Waals surface area contributed by atoms with E-state index in [9.17, 15) is 19.3 Å². The molecule has 0 spiro atoms. The molecule has 0 aliphatic carbocycles. The quantitative estimate of drug-likeness (QED) is 0.393. The molecule has 9 heteroatoms. The monoisotopic (exact) mass is 408 g/mol. The highest BCUT2D eigenvalue weighted by Crippen LogP contribution is 2.29. The molecule has 2 heterocycles. The first kappa shape index (κ1) is 18.6. The number of nitrogens with zero attached hydrogens (tertiary/aromatic N) is 3. The number of nitrogens with one attached hydrogen (secondary N) is 1. The number of aliphatic imine (C=N–C) groups is 1. The van der Waals surface area contributed by atoms with Crippen LogP contribution in [0.2, 0.25) is 0 Å². The number of amides is 1. The van der Waals surface area contributed by atoms with Crippen molar-refractivity contribution in [1.29, 1.82) is 0 Å². The lowest BCUT2D eigenvalue weighted by molar-refractivity contribution is -0.384. The van der Waals surface area contributed by atoms with Gasteiger partial charge in [-0.15, -0.1) is 0 Å². The lowest BCUT2D eigenvalue weighted by Crippen LogP contribution is -2.19. The molecule has 1 aliphatic rings. The topological polar surface area (TPSA) is 89.5 Å². The summed E-state index contributed by atoms with van der Waals surface area (Å²) in [6, 6.07) is 15.5. The molecule has 0 bridgehead atoms. The van der Waals surface area contributed by atoms with Gasteiger partial charge in [0.2, 0.25) is 0 Å². The van der Waals surface area contributed by atoms with E-state index in [4.69, 9.17) is 0 Å². The van der Waals surface area contributed by atoms with Crippen LogP contribution in [-0.4, -0.2) is 20.6 Å². The number of aromatic nitrogens is 1. The Kier molecular flexibility index (Phi) is 4.96. The van der Waals surface area contributed by atoms with Gasteiger partial charge >= 0.3 is 0 Å². The minimum atomic E-state index is -0.455. The van der Waals surface area contributed by atoms with Crippen molar-refractivity contribution in [2.24, 2.45) is 4.99 Å². The van der Waals surface area contributed by atoms with E-state index in [1.165, 1.54) is 36.4 Å². The van der Waals surface area contributed by atoms with E-state index in [2.05, 4.69) is 10.3 Å². The van der Waals surface area contributed by atoms with Crippen LogP contribution in [0.3, 0.4) is 0 Å². The Hall–Kier alpha value is -3.72. The number of hydrogen-bond acceptors (Lipinski definition) is 5.